The lowest BCUT2D eigenvalue weighted by atomic mass is 9.89. The monoisotopic (exact) mass is 461 g/mol. The zero-order valence-electron chi connectivity index (χ0n) is 19.0. The van der Waals surface area contributed by atoms with Crippen LogP contribution in [0.25, 0.3) is 0 Å². The van der Waals surface area contributed by atoms with E-state index in [1.165, 1.54) is 30.5 Å². The van der Waals surface area contributed by atoms with Gasteiger partial charge in [-0.05, 0) is 43.0 Å². The number of nitrogens with zero attached hydrogens (tertiary/aromatic N) is 1. The summed E-state index contributed by atoms with van der Waals surface area (Å²) in [6, 6.07) is 5.45. The third-order valence-corrected chi connectivity index (χ3v) is 6.05. The van der Waals surface area contributed by atoms with Gasteiger partial charge in [0.15, 0.2) is 0 Å². The predicted molar refractivity (Wildman–Crippen MR) is 122 cm³/mol. The Labute approximate surface area is 193 Å². The van der Waals surface area contributed by atoms with Crippen molar-refractivity contribution in [3.05, 3.63) is 41.9 Å². The molecule has 33 heavy (non-hydrogen) atoms. The number of hydrogen-bond donors (Lipinski definition) is 4. The van der Waals surface area contributed by atoms with Crippen molar-refractivity contribution in [1.82, 2.24) is 10.2 Å². The van der Waals surface area contributed by atoms with Gasteiger partial charge in [0.05, 0.1) is 18.8 Å². The molecule has 2 atom stereocenters. The van der Waals surface area contributed by atoms with Gasteiger partial charge in [-0.25, -0.2) is 9.18 Å². The van der Waals surface area contributed by atoms with Gasteiger partial charge in [-0.1, -0.05) is 13.8 Å². The highest BCUT2D eigenvalue weighted by molar-refractivity contribution is 6.23. The van der Waals surface area contributed by atoms with E-state index in [-0.39, 0.29) is 34.9 Å². The second-order valence-electron chi connectivity index (χ2n) is 8.96. The van der Waals surface area contributed by atoms with Crippen LogP contribution in [-0.2, 0) is 14.3 Å². The van der Waals surface area contributed by atoms with E-state index in [1.54, 1.807) is 4.90 Å². The van der Waals surface area contributed by atoms with Gasteiger partial charge in [0, 0.05) is 36.4 Å². The molecule has 9 nitrogen and oxygen atoms in total. The molecule has 2 aliphatic rings. The molecule has 0 aromatic heterocycles. The summed E-state index contributed by atoms with van der Waals surface area (Å²) in [5.74, 6) is -1.21. The molecule has 2 amide bonds. The maximum atomic E-state index is 13.1. The summed E-state index contributed by atoms with van der Waals surface area (Å²) in [6.45, 7) is 6.66. The number of primary amides is 1. The van der Waals surface area contributed by atoms with E-state index in [1.807, 2.05) is 13.8 Å². The summed E-state index contributed by atoms with van der Waals surface area (Å²) in [5, 5.41) is 14.2. The molecule has 1 aromatic rings. The molecule has 10 heteroatoms. The molecular formula is C23H32FN5O4. The van der Waals surface area contributed by atoms with E-state index >= 15 is 0 Å². The number of ether oxygens (including phenoxy) is 2. The zero-order valence-corrected chi connectivity index (χ0v) is 19.0. The molecule has 0 bridgehead atoms. The minimum absolute atomic E-state index is 0.00423. The summed E-state index contributed by atoms with van der Waals surface area (Å²) in [5.41, 5.74) is 5.83. The smallest absolute Gasteiger partial charge is 0.409 e. The molecule has 2 saturated heterocycles. The quantitative estimate of drug-likeness (QED) is 0.267. The second-order valence-corrected chi connectivity index (χ2v) is 8.96. The highest BCUT2D eigenvalue weighted by atomic mass is 19.1. The van der Waals surface area contributed by atoms with Crippen molar-refractivity contribution in [3.63, 3.8) is 0 Å². The molecule has 3 rings (SSSR count). The number of hydrogen-bond acceptors (Lipinski definition) is 6. The van der Waals surface area contributed by atoms with E-state index < -0.39 is 11.7 Å². The molecule has 2 fully saturated rings. The van der Waals surface area contributed by atoms with Crippen LogP contribution >= 0.6 is 0 Å². The van der Waals surface area contributed by atoms with Crippen molar-refractivity contribution in [2.24, 2.45) is 17.1 Å². The Balaban J connectivity index is 1.56. The SMILES string of the molecule is CC[C@@H]1CN(C(=O)OCC2(C)COC2)CC[C@H]1N/C=C(\C(=N)Nc1ccc(F)cc1)C(N)=O. The lowest BCUT2D eigenvalue weighted by Gasteiger charge is -2.40. The molecule has 0 aliphatic carbocycles. The molecule has 180 valence electrons. The highest BCUT2D eigenvalue weighted by Gasteiger charge is 2.36. The molecule has 1 aromatic carbocycles. The number of amides is 2. The molecular weight excluding hydrogens is 429 g/mol. The van der Waals surface area contributed by atoms with E-state index in [0.29, 0.717) is 45.0 Å². The number of nitrogens with two attached hydrogens (primary N) is 1. The van der Waals surface area contributed by atoms with Crippen molar-refractivity contribution < 1.29 is 23.5 Å². The Morgan fingerprint density at radius 2 is 2.06 bits per heavy atom. The average molecular weight is 462 g/mol. The standard InChI is InChI=1S/C23H32FN5O4/c1-3-15-11-29(22(31)33-14-23(2)12-32-13-23)9-8-19(15)27-10-18(21(26)30)20(25)28-17-6-4-16(24)5-7-17/h4-7,10,15,19,27H,3,8-9,11-14H2,1-2H3,(H2,25,28)(H2,26,30)/b18-10+/t15-,19-/m1/s1. The minimum atomic E-state index is -0.760. The summed E-state index contributed by atoms with van der Waals surface area (Å²) in [7, 11) is 0. The second kappa shape index (κ2) is 10.7. The summed E-state index contributed by atoms with van der Waals surface area (Å²) in [6.07, 6.45) is 2.60. The van der Waals surface area contributed by atoms with Gasteiger partial charge in [0.25, 0.3) is 5.91 Å². The Kier molecular flexibility index (Phi) is 7.91. The number of carbonyl (C=O) groups is 2. The molecule has 0 radical (unpaired) electrons. The lowest BCUT2D eigenvalue weighted by Crippen LogP contribution is -2.51. The first-order valence-corrected chi connectivity index (χ1v) is 11.1. The van der Waals surface area contributed by atoms with Crippen LogP contribution in [0.1, 0.15) is 26.7 Å². The van der Waals surface area contributed by atoms with E-state index in [9.17, 15) is 14.0 Å². The third-order valence-electron chi connectivity index (χ3n) is 6.05. The van der Waals surface area contributed by atoms with Crippen molar-refractivity contribution in [3.8, 4) is 0 Å². The number of piperidine rings is 1. The molecule has 2 heterocycles. The van der Waals surface area contributed by atoms with Gasteiger partial charge in [0.1, 0.15) is 18.3 Å². The Hall–Kier alpha value is -3.14. The number of likely N-dealkylation sites (tertiary alicyclic amines) is 1. The van der Waals surface area contributed by atoms with Crippen LogP contribution in [0.3, 0.4) is 0 Å². The number of rotatable bonds is 8. The van der Waals surface area contributed by atoms with Crippen LogP contribution in [0.15, 0.2) is 36.0 Å². The average Bonchev–Trinajstić information content (AvgIpc) is 2.77. The summed E-state index contributed by atoms with van der Waals surface area (Å²) < 4.78 is 23.8. The van der Waals surface area contributed by atoms with Crippen LogP contribution < -0.4 is 16.4 Å². The maximum Gasteiger partial charge on any atom is 0.409 e. The normalized spacial score (nSPS) is 22.2. The van der Waals surface area contributed by atoms with Gasteiger partial charge in [-0.2, -0.15) is 0 Å². The van der Waals surface area contributed by atoms with Gasteiger partial charge in [-0.15, -0.1) is 0 Å². The summed E-state index contributed by atoms with van der Waals surface area (Å²) in [4.78, 5) is 26.1. The zero-order chi connectivity index (χ0) is 24.0. The number of nitrogens with one attached hydrogen (secondary N) is 3. The number of carbonyl (C=O) groups excluding carboxylic acids is 2. The molecule has 5 N–H and O–H groups in total. The fraction of sp³-hybridized carbons (Fsp3) is 0.522. The van der Waals surface area contributed by atoms with Crippen LogP contribution in [0, 0.1) is 22.6 Å². The van der Waals surface area contributed by atoms with Gasteiger partial charge in [0.2, 0.25) is 0 Å². The van der Waals surface area contributed by atoms with Crippen molar-refractivity contribution in [2.75, 3.05) is 38.2 Å². The first-order chi connectivity index (χ1) is 15.7. The maximum absolute atomic E-state index is 13.1. The summed E-state index contributed by atoms with van der Waals surface area (Å²) >= 11 is 0. The number of anilines is 1. The van der Waals surface area contributed by atoms with E-state index in [0.717, 1.165) is 6.42 Å². The van der Waals surface area contributed by atoms with E-state index in [4.69, 9.17) is 20.6 Å². The Morgan fingerprint density at radius 1 is 1.36 bits per heavy atom. The molecule has 2 aliphatic heterocycles. The third kappa shape index (κ3) is 6.44. The van der Waals surface area contributed by atoms with E-state index in [2.05, 4.69) is 10.6 Å². The Morgan fingerprint density at radius 3 is 2.64 bits per heavy atom. The van der Waals surface area contributed by atoms with Gasteiger partial charge >= 0.3 is 6.09 Å². The van der Waals surface area contributed by atoms with Crippen LogP contribution in [0.2, 0.25) is 0 Å². The van der Waals surface area contributed by atoms with Crippen molar-refractivity contribution >= 4 is 23.5 Å². The topological polar surface area (TPSA) is 130 Å². The largest absolute Gasteiger partial charge is 0.449 e. The lowest BCUT2D eigenvalue weighted by molar-refractivity contribution is -0.128. The fourth-order valence-electron chi connectivity index (χ4n) is 3.89. The fourth-order valence-corrected chi connectivity index (χ4v) is 3.89. The van der Waals surface area contributed by atoms with Crippen LogP contribution in [-0.4, -0.2) is 61.7 Å². The van der Waals surface area contributed by atoms with Crippen LogP contribution in [0.4, 0.5) is 14.9 Å². The molecule has 0 saturated carbocycles. The number of benzene rings is 1. The number of halogens is 1. The van der Waals surface area contributed by atoms with Gasteiger partial charge in [-0.3, -0.25) is 10.2 Å². The molecule has 0 spiro atoms. The number of amidine groups is 1. The minimum Gasteiger partial charge on any atom is -0.449 e. The first kappa shape index (κ1) is 24.5. The molecule has 0 unspecified atom stereocenters. The predicted octanol–water partition coefficient (Wildman–Crippen LogP) is 2.45. The van der Waals surface area contributed by atoms with Gasteiger partial charge < -0.3 is 30.7 Å². The van der Waals surface area contributed by atoms with Crippen LogP contribution in [0.5, 0.6) is 0 Å². The van der Waals surface area contributed by atoms with Crippen molar-refractivity contribution in [2.45, 2.75) is 32.7 Å². The first-order valence-electron chi connectivity index (χ1n) is 11.1. The Bertz CT molecular complexity index is 901. The highest BCUT2D eigenvalue weighted by Crippen LogP contribution is 2.27. The van der Waals surface area contributed by atoms with Crippen molar-refractivity contribution in [1.29, 1.82) is 5.41 Å².